The minimum Gasteiger partial charge on any atom is -0.287 e. The second-order valence-corrected chi connectivity index (χ2v) is 3.49. The van der Waals surface area contributed by atoms with E-state index in [1.165, 1.54) is 11.8 Å². The summed E-state index contributed by atoms with van der Waals surface area (Å²) in [4.78, 5) is 21.2. The normalized spacial score (nSPS) is 39.6. The summed E-state index contributed by atoms with van der Waals surface area (Å²) < 4.78 is 0. The summed E-state index contributed by atoms with van der Waals surface area (Å²) in [5.74, 6) is 0.0662. The van der Waals surface area contributed by atoms with Gasteiger partial charge in [-0.3, -0.25) is 14.9 Å². The van der Waals surface area contributed by atoms with Crippen molar-refractivity contribution in [3.63, 3.8) is 0 Å². The fourth-order valence-electron chi connectivity index (χ4n) is 0.938. The van der Waals surface area contributed by atoms with Crippen LogP contribution in [0, 0.1) is 5.92 Å². The largest absolute Gasteiger partial charge is 0.287 e. The molecule has 48 valence electrons. The quantitative estimate of drug-likeness (QED) is 0.532. The van der Waals surface area contributed by atoms with Crippen molar-refractivity contribution in [2.45, 2.75) is 11.7 Å². The third-order valence-corrected chi connectivity index (χ3v) is 2.69. The Balaban J connectivity index is 2.15. The number of imide groups is 1. The maximum absolute atomic E-state index is 10.7. The van der Waals surface area contributed by atoms with Crippen LogP contribution in [0.4, 0.5) is 4.79 Å². The molecule has 9 heavy (non-hydrogen) atoms. The van der Waals surface area contributed by atoms with Crippen molar-refractivity contribution >= 4 is 22.9 Å². The van der Waals surface area contributed by atoms with E-state index < -0.39 is 0 Å². The molecule has 2 atom stereocenters. The Bertz CT molecular complexity index is 191. The summed E-state index contributed by atoms with van der Waals surface area (Å²) in [7, 11) is 0. The summed E-state index contributed by atoms with van der Waals surface area (Å²) >= 11 is 1.25. The summed E-state index contributed by atoms with van der Waals surface area (Å²) in [6, 6.07) is 0. The van der Waals surface area contributed by atoms with Gasteiger partial charge in [-0.2, -0.15) is 0 Å². The third kappa shape index (κ3) is 0.738. The molecule has 0 radical (unpaired) electrons. The smallest absolute Gasteiger partial charge is 0.285 e. The highest BCUT2D eigenvalue weighted by Crippen LogP contribution is 2.44. The first-order valence-corrected chi connectivity index (χ1v) is 3.67. The van der Waals surface area contributed by atoms with Crippen LogP contribution in [0.15, 0.2) is 0 Å². The molecule has 2 rings (SSSR count). The first-order chi connectivity index (χ1) is 4.27. The van der Waals surface area contributed by atoms with Crippen molar-refractivity contribution in [3.05, 3.63) is 0 Å². The molecule has 0 spiro atoms. The molecule has 1 saturated carbocycles. The standard InChI is InChI=1S/C5H5NO2S/c7-4-2-1-3(2)9-5(8)6-4/h2-3H,1H2,(H,6,7,8)/t2?,3-/m0/s1. The lowest BCUT2D eigenvalue weighted by atomic mass is 10.4. The molecular weight excluding hydrogens is 138 g/mol. The zero-order chi connectivity index (χ0) is 6.43. The molecule has 0 bridgehead atoms. The third-order valence-electron chi connectivity index (χ3n) is 1.55. The molecule has 1 saturated heterocycles. The van der Waals surface area contributed by atoms with Crippen molar-refractivity contribution < 1.29 is 9.59 Å². The van der Waals surface area contributed by atoms with Crippen LogP contribution in [0.25, 0.3) is 0 Å². The van der Waals surface area contributed by atoms with Gasteiger partial charge in [0.15, 0.2) is 0 Å². The average molecular weight is 143 g/mol. The molecule has 0 aromatic heterocycles. The second kappa shape index (κ2) is 1.50. The molecule has 0 aromatic carbocycles. The Kier molecular flexibility index (Phi) is 0.883. The lowest BCUT2D eigenvalue weighted by Crippen LogP contribution is -2.33. The predicted octanol–water partition coefficient (Wildman–Crippen LogP) is 0.358. The molecule has 1 aliphatic heterocycles. The minimum atomic E-state index is -0.182. The number of rotatable bonds is 0. The topological polar surface area (TPSA) is 46.2 Å². The van der Waals surface area contributed by atoms with Crippen LogP contribution < -0.4 is 5.32 Å². The second-order valence-electron chi connectivity index (χ2n) is 2.28. The Morgan fingerprint density at radius 2 is 2.33 bits per heavy atom. The SMILES string of the molecule is O=C1NC(=O)C2C[C@@H]2S1. The van der Waals surface area contributed by atoms with Crippen molar-refractivity contribution in [3.8, 4) is 0 Å². The number of hydrogen-bond acceptors (Lipinski definition) is 3. The van der Waals surface area contributed by atoms with Gasteiger partial charge in [-0.15, -0.1) is 0 Å². The molecule has 1 aliphatic carbocycles. The van der Waals surface area contributed by atoms with Gasteiger partial charge in [0.2, 0.25) is 5.91 Å². The molecule has 1 unspecified atom stereocenters. The Morgan fingerprint density at radius 1 is 1.56 bits per heavy atom. The highest BCUT2D eigenvalue weighted by atomic mass is 32.2. The monoisotopic (exact) mass is 143 g/mol. The Hall–Kier alpha value is -0.510. The van der Waals surface area contributed by atoms with Gasteiger partial charge in [0.1, 0.15) is 0 Å². The number of thioether (sulfide) groups is 1. The first-order valence-electron chi connectivity index (χ1n) is 2.79. The van der Waals surface area contributed by atoms with Crippen molar-refractivity contribution in [2.24, 2.45) is 5.92 Å². The lowest BCUT2D eigenvalue weighted by Gasteiger charge is -2.06. The van der Waals surface area contributed by atoms with Gasteiger partial charge in [0.25, 0.3) is 5.24 Å². The molecule has 1 heterocycles. The van der Waals surface area contributed by atoms with Gasteiger partial charge in [-0.05, 0) is 6.42 Å². The van der Waals surface area contributed by atoms with E-state index in [9.17, 15) is 9.59 Å². The molecule has 0 aromatic rings. The number of fused-ring (bicyclic) bond motifs is 1. The van der Waals surface area contributed by atoms with Crippen molar-refractivity contribution in [2.75, 3.05) is 0 Å². The van der Waals surface area contributed by atoms with Crippen LogP contribution >= 0.6 is 11.8 Å². The number of nitrogens with one attached hydrogen (secondary N) is 1. The lowest BCUT2D eigenvalue weighted by molar-refractivity contribution is -0.121. The van der Waals surface area contributed by atoms with Crippen molar-refractivity contribution in [1.82, 2.24) is 5.32 Å². The Labute approximate surface area is 56.2 Å². The maximum atomic E-state index is 10.7. The summed E-state index contributed by atoms with van der Waals surface area (Å²) in [6.07, 6.45) is 0.891. The number of amides is 2. The van der Waals surface area contributed by atoms with E-state index in [0.717, 1.165) is 6.42 Å². The summed E-state index contributed by atoms with van der Waals surface area (Å²) in [5, 5.41) is 2.39. The van der Waals surface area contributed by atoms with Gasteiger partial charge in [-0.25, -0.2) is 0 Å². The van der Waals surface area contributed by atoms with Gasteiger partial charge in [-0.1, -0.05) is 11.8 Å². The fraction of sp³-hybridized carbons (Fsp3) is 0.600. The van der Waals surface area contributed by atoms with Crippen molar-refractivity contribution in [1.29, 1.82) is 0 Å². The molecule has 4 heteroatoms. The first kappa shape index (κ1) is 5.29. The summed E-state index contributed by atoms with van der Waals surface area (Å²) in [6.45, 7) is 0. The van der Waals surface area contributed by atoms with Crippen LogP contribution in [-0.2, 0) is 4.79 Å². The molecule has 2 aliphatic rings. The minimum absolute atomic E-state index is 0.0799. The zero-order valence-electron chi connectivity index (χ0n) is 4.59. The van der Waals surface area contributed by atoms with E-state index in [4.69, 9.17) is 0 Å². The van der Waals surface area contributed by atoms with Crippen LogP contribution in [-0.4, -0.2) is 16.4 Å². The van der Waals surface area contributed by atoms with Gasteiger partial charge in [0.05, 0.1) is 5.92 Å². The van der Waals surface area contributed by atoms with E-state index in [1.54, 1.807) is 0 Å². The highest BCUT2D eigenvalue weighted by molar-refractivity contribution is 8.14. The number of carbonyl (C=O) groups excluding carboxylic acids is 2. The van der Waals surface area contributed by atoms with E-state index in [2.05, 4.69) is 5.32 Å². The Morgan fingerprint density at radius 3 is 3.00 bits per heavy atom. The van der Waals surface area contributed by atoms with Crippen LogP contribution in [0.3, 0.4) is 0 Å². The fourth-order valence-corrected chi connectivity index (χ4v) is 1.96. The number of hydrogen-bond donors (Lipinski definition) is 1. The van der Waals surface area contributed by atoms with Crippen LogP contribution in [0.2, 0.25) is 0 Å². The number of carbonyl (C=O) groups is 2. The predicted molar refractivity (Wildman–Crippen MR) is 33.0 cm³/mol. The van der Waals surface area contributed by atoms with E-state index in [1.807, 2.05) is 0 Å². The average Bonchev–Trinajstić information content (AvgIpc) is 2.43. The molecule has 3 nitrogen and oxygen atoms in total. The van der Waals surface area contributed by atoms with Crippen LogP contribution in [0.5, 0.6) is 0 Å². The molecular formula is C5H5NO2S. The van der Waals surface area contributed by atoms with Gasteiger partial charge < -0.3 is 0 Å². The molecule has 1 N–H and O–H groups in total. The molecule has 2 fully saturated rings. The van der Waals surface area contributed by atoms with Crippen LogP contribution in [0.1, 0.15) is 6.42 Å². The van der Waals surface area contributed by atoms with E-state index >= 15 is 0 Å². The van der Waals surface area contributed by atoms with E-state index in [0.29, 0.717) is 5.25 Å². The summed E-state index contributed by atoms with van der Waals surface area (Å²) in [5.41, 5.74) is 0. The van der Waals surface area contributed by atoms with Gasteiger partial charge in [0, 0.05) is 5.25 Å². The van der Waals surface area contributed by atoms with Gasteiger partial charge >= 0.3 is 0 Å². The molecule has 2 amide bonds. The van der Waals surface area contributed by atoms with E-state index in [-0.39, 0.29) is 17.1 Å². The maximum Gasteiger partial charge on any atom is 0.285 e. The highest BCUT2D eigenvalue weighted by Gasteiger charge is 2.49. The zero-order valence-corrected chi connectivity index (χ0v) is 5.40.